The zero-order valence-electron chi connectivity index (χ0n) is 16.3. The summed E-state index contributed by atoms with van der Waals surface area (Å²) in [5.41, 5.74) is 7.51. The monoisotopic (exact) mass is 447 g/mol. The number of carbonyl (C=O) groups excluding carboxylic acids is 1. The number of hydrogen-bond donors (Lipinski definition) is 6. The third kappa shape index (κ3) is 5.69. The van der Waals surface area contributed by atoms with Crippen LogP contribution in [-0.2, 0) is 22.4 Å². The van der Waals surface area contributed by atoms with Crippen molar-refractivity contribution in [3.63, 3.8) is 0 Å². The van der Waals surface area contributed by atoms with Crippen LogP contribution in [0.1, 0.15) is 40.2 Å². The maximum absolute atomic E-state index is 12.2. The average molecular weight is 447 g/mol. The third-order valence-corrected chi connectivity index (χ3v) is 5.57. The van der Waals surface area contributed by atoms with Crippen molar-refractivity contribution in [3.05, 3.63) is 44.0 Å². The molecule has 12 heteroatoms. The second-order valence-electron chi connectivity index (χ2n) is 7.00. The minimum atomic E-state index is -1.48. The number of aryl methyl sites for hydroxylation is 2. The lowest BCUT2D eigenvalue weighted by molar-refractivity contribution is -0.145. The first kappa shape index (κ1) is 22.0. The highest BCUT2D eigenvalue weighted by atomic mass is 32.1. The van der Waals surface area contributed by atoms with E-state index in [9.17, 15) is 19.2 Å². The molecule has 11 nitrogen and oxygen atoms in total. The van der Waals surface area contributed by atoms with E-state index in [-0.39, 0.29) is 11.5 Å². The number of nitrogen functional groups attached to an aromatic ring is 1. The number of rotatable bonds is 10. The molecule has 3 heterocycles. The maximum Gasteiger partial charge on any atom is 0.326 e. The number of carboxylic acids is 2. The third-order valence-electron chi connectivity index (χ3n) is 4.59. The zero-order valence-corrected chi connectivity index (χ0v) is 17.1. The Hall–Kier alpha value is -3.67. The van der Waals surface area contributed by atoms with Crippen molar-refractivity contribution in [2.75, 3.05) is 5.73 Å². The van der Waals surface area contributed by atoms with E-state index in [1.54, 1.807) is 12.1 Å². The smallest absolute Gasteiger partial charge is 0.326 e. The van der Waals surface area contributed by atoms with Crippen LogP contribution in [0.2, 0.25) is 0 Å². The number of carboxylic acid groups (broad SMARTS) is 2. The summed E-state index contributed by atoms with van der Waals surface area (Å²) >= 11 is 1.17. The normalized spacial score (nSPS) is 12.0. The number of unbranched alkanes of at least 4 members (excludes halogenated alkanes) is 1. The lowest BCUT2D eigenvalue weighted by Crippen LogP contribution is -2.41. The van der Waals surface area contributed by atoms with E-state index in [2.05, 4.69) is 20.3 Å². The van der Waals surface area contributed by atoms with Gasteiger partial charge in [0.15, 0.2) is 0 Å². The summed E-state index contributed by atoms with van der Waals surface area (Å²) in [7, 11) is 0. The van der Waals surface area contributed by atoms with Gasteiger partial charge < -0.3 is 26.2 Å². The molecule has 164 valence electrons. The van der Waals surface area contributed by atoms with E-state index in [4.69, 9.17) is 15.9 Å². The molecule has 0 spiro atoms. The molecule has 1 atom stereocenters. The Kier molecular flexibility index (Phi) is 6.70. The molecule has 0 unspecified atom stereocenters. The van der Waals surface area contributed by atoms with Crippen molar-refractivity contribution in [3.8, 4) is 0 Å². The number of nitrogens with two attached hydrogens (primary N) is 1. The van der Waals surface area contributed by atoms with Gasteiger partial charge in [0.2, 0.25) is 5.95 Å². The Bertz CT molecular complexity index is 1180. The van der Waals surface area contributed by atoms with Gasteiger partial charge in [-0.1, -0.05) is 0 Å². The molecule has 0 fully saturated rings. The lowest BCUT2D eigenvalue weighted by Gasteiger charge is -2.11. The van der Waals surface area contributed by atoms with Gasteiger partial charge in [-0.2, -0.15) is 4.98 Å². The summed E-state index contributed by atoms with van der Waals surface area (Å²) < 4.78 is 0. The molecule has 3 aromatic rings. The first-order valence-corrected chi connectivity index (χ1v) is 10.3. The van der Waals surface area contributed by atoms with Crippen LogP contribution in [0.4, 0.5) is 5.95 Å². The number of amides is 1. The van der Waals surface area contributed by atoms with Gasteiger partial charge in [0.05, 0.1) is 16.7 Å². The van der Waals surface area contributed by atoms with Gasteiger partial charge >= 0.3 is 11.9 Å². The van der Waals surface area contributed by atoms with Crippen LogP contribution in [-0.4, -0.2) is 49.1 Å². The van der Waals surface area contributed by atoms with Crippen LogP contribution in [0.5, 0.6) is 0 Å². The number of hydrogen-bond acceptors (Lipinski definition) is 7. The topological polar surface area (TPSA) is 191 Å². The number of nitrogens with one attached hydrogen (secondary N) is 3. The van der Waals surface area contributed by atoms with Gasteiger partial charge in [-0.15, -0.1) is 11.3 Å². The molecule has 0 aromatic carbocycles. The molecule has 0 aliphatic heterocycles. The van der Waals surface area contributed by atoms with Crippen LogP contribution in [0.25, 0.3) is 11.0 Å². The van der Waals surface area contributed by atoms with Gasteiger partial charge in [-0.25, -0.2) is 4.79 Å². The van der Waals surface area contributed by atoms with Gasteiger partial charge in [0.1, 0.15) is 11.7 Å². The Morgan fingerprint density at radius 1 is 1.16 bits per heavy atom. The van der Waals surface area contributed by atoms with Crippen molar-refractivity contribution in [1.82, 2.24) is 20.3 Å². The number of anilines is 1. The molecule has 0 bridgehead atoms. The molecule has 0 radical (unpaired) electrons. The molecule has 31 heavy (non-hydrogen) atoms. The van der Waals surface area contributed by atoms with E-state index in [1.165, 1.54) is 11.3 Å². The van der Waals surface area contributed by atoms with Gasteiger partial charge in [-0.05, 0) is 48.8 Å². The zero-order chi connectivity index (χ0) is 22.5. The first-order valence-electron chi connectivity index (χ1n) is 9.43. The van der Waals surface area contributed by atoms with Crippen LogP contribution in [0.3, 0.4) is 0 Å². The highest BCUT2D eigenvalue weighted by Gasteiger charge is 2.24. The summed E-state index contributed by atoms with van der Waals surface area (Å²) in [6.45, 7) is 0. The standard InChI is InChI=1S/C19H21N5O6S/c20-19-23-15-11(16(27)24-19)6-10(21-15)4-2-1-3-9-5-13(31-8-9)17(28)22-12(18(29)30)7-14(25)26/h5-6,8,12H,1-4,7H2,(H,22,28)(H,25,26)(H,29,30)(H4,20,21,23,24,27)/t12-/m0/s1. The highest BCUT2D eigenvalue weighted by molar-refractivity contribution is 7.12. The number of H-pyrrole nitrogens is 2. The number of aromatic amines is 2. The molecule has 3 rings (SSSR count). The molecule has 0 aliphatic carbocycles. The molecule has 0 saturated carbocycles. The Labute approximate surface area is 179 Å². The van der Waals surface area contributed by atoms with E-state index in [0.717, 1.165) is 24.1 Å². The largest absolute Gasteiger partial charge is 0.481 e. The second-order valence-corrected chi connectivity index (χ2v) is 7.91. The summed E-state index contributed by atoms with van der Waals surface area (Å²) in [5.74, 6) is -3.26. The van der Waals surface area contributed by atoms with Crippen LogP contribution >= 0.6 is 11.3 Å². The van der Waals surface area contributed by atoms with Crippen molar-refractivity contribution >= 4 is 46.2 Å². The van der Waals surface area contributed by atoms with Gasteiger partial charge in [0, 0.05) is 5.69 Å². The molecular formula is C19H21N5O6S. The minimum absolute atomic E-state index is 0.0563. The van der Waals surface area contributed by atoms with Crippen LogP contribution in [0, 0.1) is 0 Å². The van der Waals surface area contributed by atoms with Gasteiger partial charge in [-0.3, -0.25) is 19.4 Å². The molecule has 3 aromatic heterocycles. The number of aromatic nitrogens is 3. The summed E-state index contributed by atoms with van der Waals surface area (Å²) in [6.07, 6.45) is 2.39. The average Bonchev–Trinajstić information content (AvgIpc) is 3.31. The minimum Gasteiger partial charge on any atom is -0.481 e. The van der Waals surface area contributed by atoms with Gasteiger partial charge in [0.25, 0.3) is 11.5 Å². The fourth-order valence-electron chi connectivity index (χ4n) is 3.10. The van der Waals surface area contributed by atoms with Crippen molar-refractivity contribution in [1.29, 1.82) is 0 Å². The fraction of sp³-hybridized carbons (Fsp3) is 0.316. The summed E-state index contributed by atoms with van der Waals surface area (Å²) in [5, 5.41) is 22.3. The van der Waals surface area contributed by atoms with E-state index in [0.29, 0.717) is 28.8 Å². The van der Waals surface area contributed by atoms with Crippen molar-refractivity contribution < 1.29 is 24.6 Å². The predicted octanol–water partition coefficient (Wildman–Crippen LogP) is 1.12. The van der Waals surface area contributed by atoms with Crippen molar-refractivity contribution in [2.24, 2.45) is 0 Å². The second kappa shape index (κ2) is 9.43. The molecule has 1 amide bonds. The Balaban J connectivity index is 1.50. The number of nitrogens with zero attached hydrogens (tertiary/aromatic N) is 1. The van der Waals surface area contributed by atoms with Crippen LogP contribution in [0.15, 0.2) is 22.3 Å². The summed E-state index contributed by atoms with van der Waals surface area (Å²) in [6, 6.07) is 1.95. The molecule has 7 N–H and O–H groups in total. The Morgan fingerprint density at radius 3 is 2.61 bits per heavy atom. The number of thiophene rings is 1. The quantitative estimate of drug-likeness (QED) is 0.249. The fourth-order valence-corrected chi connectivity index (χ4v) is 3.95. The lowest BCUT2D eigenvalue weighted by atomic mass is 10.1. The van der Waals surface area contributed by atoms with E-state index < -0.39 is 30.3 Å². The maximum atomic E-state index is 12.2. The van der Waals surface area contributed by atoms with Crippen molar-refractivity contribution in [2.45, 2.75) is 38.1 Å². The van der Waals surface area contributed by atoms with E-state index >= 15 is 0 Å². The van der Waals surface area contributed by atoms with E-state index in [1.807, 2.05) is 5.38 Å². The SMILES string of the molecule is Nc1nc2[nH]c(CCCCc3csc(C(=O)N[C@@H](CC(=O)O)C(=O)O)c3)cc2c(=O)[nH]1. The first-order chi connectivity index (χ1) is 14.7. The number of carbonyl (C=O) groups is 3. The molecular weight excluding hydrogens is 426 g/mol. The molecule has 0 saturated heterocycles. The molecule has 0 aliphatic rings. The predicted molar refractivity (Wildman–Crippen MR) is 113 cm³/mol. The number of fused-ring (bicyclic) bond motifs is 1. The van der Waals surface area contributed by atoms with Crippen LogP contribution < -0.4 is 16.6 Å². The number of aliphatic carboxylic acids is 2. The highest BCUT2D eigenvalue weighted by Crippen LogP contribution is 2.18. The Morgan fingerprint density at radius 2 is 1.90 bits per heavy atom. The summed E-state index contributed by atoms with van der Waals surface area (Å²) in [4.78, 5) is 55.8.